The molecule has 3 aromatic heterocycles. The number of hydrogen-bond acceptors (Lipinski definition) is 15. The lowest BCUT2D eigenvalue weighted by Gasteiger charge is -2.24. The molecule has 4 unspecified atom stereocenters. The van der Waals surface area contributed by atoms with Gasteiger partial charge in [0, 0.05) is 54.1 Å². The van der Waals surface area contributed by atoms with Crippen molar-refractivity contribution in [3.63, 3.8) is 0 Å². The van der Waals surface area contributed by atoms with Gasteiger partial charge < -0.3 is 0 Å². The molecule has 3 aromatic carbocycles. The lowest BCUT2D eigenvalue weighted by molar-refractivity contribution is -0.176. The number of aryl methyl sites for hydroxylation is 3. The predicted molar refractivity (Wildman–Crippen MR) is 365 cm³/mol. The van der Waals surface area contributed by atoms with Crippen molar-refractivity contribution in [3.05, 3.63) is 180 Å². The summed E-state index contributed by atoms with van der Waals surface area (Å²) in [6.07, 6.45) is -9.62. The third-order valence-electron chi connectivity index (χ3n) is 20.9. The summed E-state index contributed by atoms with van der Waals surface area (Å²) in [5.74, 6) is -10.2. The number of alkyl halides is 12. The number of nitrogens with zero attached hydrogens (tertiary/aromatic N) is 6. The maximum absolute atomic E-state index is 14.2. The van der Waals surface area contributed by atoms with Crippen molar-refractivity contribution in [1.29, 1.82) is 0 Å². The molecule has 6 aliphatic rings. The van der Waals surface area contributed by atoms with Crippen LogP contribution in [0.4, 0.5) is 65.9 Å². The highest BCUT2D eigenvalue weighted by Gasteiger charge is 2.50. The zero-order valence-corrected chi connectivity index (χ0v) is 60.1. The fourth-order valence-electron chi connectivity index (χ4n) is 14.8. The van der Waals surface area contributed by atoms with E-state index in [1.165, 1.54) is 37.2 Å². The molecule has 0 radical (unpaired) electrons. The number of ketones is 3. The highest BCUT2D eigenvalue weighted by molar-refractivity contribution is 7.92. The minimum absolute atomic E-state index is 0.0247. The van der Waals surface area contributed by atoms with E-state index in [1.807, 2.05) is 0 Å². The molecule has 33 heteroatoms. The highest BCUT2D eigenvalue weighted by Crippen LogP contribution is 2.45. The number of hydrogen-bond donors (Lipinski definition) is 0. The fraction of sp³-hybridized carbons (Fsp3) is 0.480. The molecule has 0 N–H and O–H groups in total. The molecular weight excluding hydrogens is 1510 g/mol. The lowest BCUT2D eigenvalue weighted by atomic mass is 9.87. The number of sulfone groups is 3. The first kappa shape index (κ1) is 82.4. The van der Waals surface area contributed by atoms with Gasteiger partial charge in [-0.25, -0.2) is 81.5 Å². The number of carbonyl (C=O) groups excluding carboxylic acids is 3. The SMILES string of the molecule is O=C(CCc1cc(C2=CCC(C(F)(F)F)CC2)ncn1)[C@@H]1C[C@@H](F)CC1S(=O)(=O)c1ccc(F)cc1.O=C(CCc1cc(C2=CC[C@@H](C(F)(F)F)CC2)ncn1)[C@@H]1C[C@@H](F)CC1S(=O)(=O)c1ccc(F)cc1.O=C(CCc1cc(C2=CC[C@H](C(F)(F)F)CC2)ncn1)[C@@H]1C[C@@H](F)CC1S(=O)(=O)c1ccc(F)cc1. The Bertz CT molecular complexity index is 4200. The number of allylic oxidation sites excluding steroid dienone is 6. The lowest BCUT2D eigenvalue weighted by Crippen LogP contribution is -2.31. The van der Waals surface area contributed by atoms with Gasteiger partial charge in [0.15, 0.2) is 29.5 Å². The van der Waals surface area contributed by atoms with Gasteiger partial charge in [0.1, 0.15) is 72.3 Å². The first-order valence-corrected chi connectivity index (χ1v) is 39.7. The van der Waals surface area contributed by atoms with Gasteiger partial charge in [-0.15, -0.1) is 0 Å². The molecule has 12 rings (SSSR count). The zero-order chi connectivity index (χ0) is 78.3. The van der Waals surface area contributed by atoms with Crippen LogP contribution >= 0.6 is 0 Å². The molecule has 6 aromatic rings. The van der Waals surface area contributed by atoms with Gasteiger partial charge in [-0.1, -0.05) is 18.2 Å². The number of benzene rings is 3. The van der Waals surface area contributed by atoms with E-state index in [2.05, 4.69) is 29.9 Å². The third-order valence-corrected chi connectivity index (χ3v) is 27.6. The van der Waals surface area contributed by atoms with Crippen molar-refractivity contribution < 1.29 is 105 Å². The highest BCUT2D eigenvalue weighted by atomic mass is 32.2. The van der Waals surface area contributed by atoms with Crippen LogP contribution in [0.1, 0.15) is 150 Å². The van der Waals surface area contributed by atoms with Gasteiger partial charge in [0.05, 0.1) is 65.3 Å². The van der Waals surface area contributed by atoms with E-state index in [4.69, 9.17) is 0 Å². The smallest absolute Gasteiger partial charge is 0.299 e. The summed E-state index contributed by atoms with van der Waals surface area (Å²) in [5.41, 5.74) is 5.00. The van der Waals surface area contributed by atoms with Gasteiger partial charge in [-0.05, 0) is 223 Å². The van der Waals surface area contributed by atoms with Crippen LogP contribution < -0.4 is 0 Å². The second-order valence-electron chi connectivity index (χ2n) is 27.9. The average molecular weight is 1590 g/mol. The van der Waals surface area contributed by atoms with Gasteiger partial charge >= 0.3 is 18.5 Å². The van der Waals surface area contributed by atoms with Crippen molar-refractivity contribution in [2.24, 2.45) is 35.5 Å². The third kappa shape index (κ3) is 20.7. The van der Waals surface area contributed by atoms with E-state index < -0.39 is 153 Å². The second kappa shape index (κ2) is 34.5. The van der Waals surface area contributed by atoms with E-state index in [0.29, 0.717) is 50.9 Å². The number of carbonyl (C=O) groups is 3. The minimum Gasteiger partial charge on any atom is -0.299 e. The number of halogens is 15. The van der Waals surface area contributed by atoms with Crippen LogP contribution in [0.2, 0.25) is 0 Å². The molecule has 12 atom stereocenters. The van der Waals surface area contributed by atoms with Crippen LogP contribution in [-0.4, -0.2) is 125 Å². The molecular formula is C75H75F15N6O9S3. The molecule has 15 nitrogen and oxygen atoms in total. The van der Waals surface area contributed by atoms with Crippen LogP contribution in [0.15, 0.2) is 143 Å². The maximum Gasteiger partial charge on any atom is 0.392 e. The van der Waals surface area contributed by atoms with Crippen molar-refractivity contribution in [2.45, 2.75) is 202 Å². The van der Waals surface area contributed by atoms with Crippen molar-refractivity contribution >= 4 is 63.6 Å². The van der Waals surface area contributed by atoms with Crippen LogP contribution in [0, 0.1) is 53.0 Å². The van der Waals surface area contributed by atoms with Gasteiger partial charge in [0.25, 0.3) is 0 Å². The standard InChI is InChI=1S/3C25H25F5N2O3S/c3*26-17-5-8-20(9-6-17)36(34,35)24-12-18(27)11-21(24)23(33)10-7-19-13-22(32-14-31-19)15-1-3-16(4-2-15)25(28,29)30/h3*1,5-6,8-9,13-14,16,18,21,24H,2-4,7,10-12H2/t16?,18-,21+,24?;16-,18+,21-,24?;16-,18-,21+,24?/m101/s1. The second-order valence-corrected chi connectivity index (χ2v) is 34.4. The van der Waals surface area contributed by atoms with Gasteiger partial charge in [-0.3, -0.25) is 14.4 Å². The number of aromatic nitrogens is 6. The molecule has 0 aliphatic heterocycles. The predicted octanol–water partition coefficient (Wildman–Crippen LogP) is 16.4. The first-order valence-electron chi connectivity index (χ1n) is 35.0. The molecule has 0 spiro atoms. The molecule has 6 aliphatic carbocycles. The Morgan fingerprint density at radius 1 is 0.361 bits per heavy atom. The van der Waals surface area contributed by atoms with Crippen LogP contribution in [0.25, 0.3) is 16.7 Å². The Morgan fingerprint density at radius 3 is 0.815 bits per heavy atom. The van der Waals surface area contributed by atoms with Crippen molar-refractivity contribution in [2.75, 3.05) is 0 Å². The minimum atomic E-state index is -4.24. The maximum atomic E-state index is 14.2. The van der Waals surface area contributed by atoms with Crippen LogP contribution in [0.5, 0.6) is 0 Å². The summed E-state index contributed by atoms with van der Waals surface area (Å²) >= 11 is 0. The Hall–Kier alpha value is -8.07. The quantitative estimate of drug-likeness (QED) is 0.0482. The Balaban J connectivity index is 0.000000173. The summed E-state index contributed by atoms with van der Waals surface area (Å²) in [6, 6.07) is 17.5. The Morgan fingerprint density at radius 2 is 0.602 bits per heavy atom. The molecule has 3 saturated carbocycles. The summed E-state index contributed by atoms with van der Waals surface area (Å²) in [5, 5.41) is -3.71. The van der Waals surface area contributed by atoms with E-state index in [-0.39, 0.29) is 150 Å². The molecule has 108 heavy (non-hydrogen) atoms. The van der Waals surface area contributed by atoms with Gasteiger partial charge in [-0.2, -0.15) is 39.5 Å². The monoisotopic (exact) mass is 1580 g/mol. The molecule has 0 bridgehead atoms. The zero-order valence-electron chi connectivity index (χ0n) is 57.7. The molecule has 3 fully saturated rings. The summed E-state index contributed by atoms with van der Waals surface area (Å²) < 4.78 is 277. The summed E-state index contributed by atoms with van der Waals surface area (Å²) in [7, 11) is -12.1. The normalized spacial score (nSPS) is 25.0. The molecule has 0 saturated heterocycles. The van der Waals surface area contributed by atoms with Gasteiger partial charge in [0.2, 0.25) is 0 Å². The summed E-state index contributed by atoms with van der Waals surface area (Å²) in [6.45, 7) is 0. The Kier molecular flexibility index (Phi) is 26.3. The van der Waals surface area contributed by atoms with Crippen molar-refractivity contribution in [1.82, 2.24) is 29.9 Å². The molecule has 582 valence electrons. The van der Waals surface area contributed by atoms with E-state index in [9.17, 15) is 105 Å². The fourth-order valence-corrected chi connectivity index (χ4v) is 20.9. The van der Waals surface area contributed by atoms with Crippen molar-refractivity contribution in [3.8, 4) is 0 Å². The average Bonchev–Trinajstić information content (AvgIpc) is 1.60. The number of rotatable bonds is 21. The topological polar surface area (TPSA) is 231 Å². The van der Waals surface area contributed by atoms with E-state index in [1.54, 1.807) is 18.2 Å². The Labute approximate surface area is 613 Å². The van der Waals surface area contributed by atoms with E-state index in [0.717, 1.165) is 72.8 Å². The summed E-state index contributed by atoms with van der Waals surface area (Å²) in [4.78, 5) is 63.3. The van der Waals surface area contributed by atoms with Crippen LogP contribution in [0.3, 0.4) is 0 Å². The molecule has 3 heterocycles. The number of Topliss-reactive ketones (excluding diaryl/α,β-unsaturated/α-hetero) is 3. The largest absolute Gasteiger partial charge is 0.392 e. The first-order chi connectivity index (χ1) is 50.8. The van der Waals surface area contributed by atoms with Crippen LogP contribution in [-0.2, 0) is 63.2 Å². The molecule has 0 amide bonds. The van der Waals surface area contributed by atoms with E-state index >= 15 is 0 Å².